The molecule has 2 aromatic rings. The largest absolute Gasteiger partial charge is 0.474 e. The van der Waals surface area contributed by atoms with Crippen LogP contribution >= 0.6 is 11.6 Å². The van der Waals surface area contributed by atoms with Gasteiger partial charge in [0, 0.05) is 31.3 Å². The van der Waals surface area contributed by atoms with E-state index in [0.29, 0.717) is 17.6 Å². The third kappa shape index (κ3) is 3.93. The van der Waals surface area contributed by atoms with Crippen LogP contribution in [0.5, 0.6) is 5.88 Å². The molecule has 1 N–H and O–H groups in total. The number of methoxy groups -OCH3 is 1. The molecule has 1 aliphatic rings. The summed E-state index contributed by atoms with van der Waals surface area (Å²) in [6.07, 6.45) is 4.80. The first-order valence-corrected chi connectivity index (χ1v) is 9.22. The molecular formula is C19H26ClN3O3. The minimum atomic E-state index is -0.433. The highest BCUT2D eigenvalue weighted by molar-refractivity contribution is 6.30. The Bertz CT molecular complexity index is 765. The number of pyridine rings is 2. The van der Waals surface area contributed by atoms with Gasteiger partial charge in [-0.15, -0.1) is 0 Å². The molecule has 2 heterocycles. The van der Waals surface area contributed by atoms with Crippen molar-refractivity contribution in [2.75, 3.05) is 27.8 Å². The van der Waals surface area contributed by atoms with Gasteiger partial charge in [-0.2, -0.15) is 0 Å². The molecule has 1 aliphatic carbocycles. The van der Waals surface area contributed by atoms with Gasteiger partial charge in [0.05, 0.1) is 12.0 Å². The Kier molecular flexibility index (Phi) is 5.97. The zero-order valence-electron chi connectivity index (χ0n) is 15.6. The number of hydrogen-bond donors (Lipinski definition) is 1. The van der Waals surface area contributed by atoms with Crippen molar-refractivity contribution in [1.29, 1.82) is 0 Å². The first kappa shape index (κ1) is 19.3. The second-order valence-electron chi connectivity index (χ2n) is 7.28. The quantitative estimate of drug-likeness (QED) is 0.589. The highest BCUT2D eigenvalue weighted by Gasteiger charge is 2.37. The van der Waals surface area contributed by atoms with E-state index in [1.54, 1.807) is 13.3 Å². The third-order valence-electron chi connectivity index (χ3n) is 5.04. The van der Waals surface area contributed by atoms with E-state index in [-0.39, 0.29) is 17.9 Å². The second-order valence-corrected chi connectivity index (χ2v) is 7.66. The van der Waals surface area contributed by atoms with Crippen LogP contribution in [0.3, 0.4) is 0 Å². The molecule has 3 rings (SSSR count). The lowest BCUT2D eigenvalue weighted by Crippen LogP contribution is -2.46. The van der Waals surface area contributed by atoms with E-state index in [0.717, 1.165) is 29.2 Å². The molecule has 7 heteroatoms. The van der Waals surface area contributed by atoms with Crippen molar-refractivity contribution in [3.63, 3.8) is 0 Å². The van der Waals surface area contributed by atoms with Crippen molar-refractivity contribution in [2.45, 2.75) is 38.0 Å². The maximum atomic E-state index is 10.1. The summed E-state index contributed by atoms with van der Waals surface area (Å²) in [6.45, 7) is 2.69. The lowest BCUT2D eigenvalue weighted by molar-refractivity contribution is -0.0779. The number of aliphatic hydroxyl groups is 1. The zero-order valence-corrected chi connectivity index (χ0v) is 16.4. The predicted octanol–water partition coefficient (Wildman–Crippen LogP) is 3.07. The minimum Gasteiger partial charge on any atom is -0.474 e. The van der Waals surface area contributed by atoms with Crippen LogP contribution in [0.2, 0.25) is 5.15 Å². The molecule has 0 saturated heterocycles. The molecule has 1 saturated carbocycles. The van der Waals surface area contributed by atoms with Gasteiger partial charge in [-0.05, 0) is 44.0 Å². The van der Waals surface area contributed by atoms with Gasteiger partial charge < -0.3 is 14.6 Å². The highest BCUT2D eigenvalue weighted by Crippen LogP contribution is 2.37. The summed E-state index contributed by atoms with van der Waals surface area (Å²) in [6, 6.07) is 1.85. The average Bonchev–Trinajstić information content (AvgIpc) is 2.56. The molecule has 2 atom stereocenters. The summed E-state index contributed by atoms with van der Waals surface area (Å²) < 4.78 is 11.4. The first-order chi connectivity index (χ1) is 12.4. The molecule has 0 amide bonds. The molecule has 1 unspecified atom stereocenters. The van der Waals surface area contributed by atoms with Crippen LogP contribution in [0.4, 0.5) is 0 Å². The van der Waals surface area contributed by atoms with Crippen LogP contribution < -0.4 is 4.74 Å². The van der Waals surface area contributed by atoms with Gasteiger partial charge in [0.15, 0.2) is 0 Å². The molecule has 2 aromatic heterocycles. The highest BCUT2D eigenvalue weighted by atomic mass is 35.5. The Labute approximate surface area is 159 Å². The molecule has 142 valence electrons. The monoisotopic (exact) mass is 379 g/mol. The van der Waals surface area contributed by atoms with Crippen molar-refractivity contribution >= 4 is 22.4 Å². The fourth-order valence-corrected chi connectivity index (χ4v) is 3.62. The summed E-state index contributed by atoms with van der Waals surface area (Å²) in [7, 11) is 5.44. The summed E-state index contributed by atoms with van der Waals surface area (Å²) in [4.78, 5) is 10.6. The Morgan fingerprint density at radius 1 is 1.27 bits per heavy atom. The Morgan fingerprint density at radius 2 is 2.00 bits per heavy atom. The number of aliphatic hydroxyl groups excluding tert-OH is 1. The Morgan fingerprint density at radius 3 is 2.65 bits per heavy atom. The second kappa shape index (κ2) is 8.05. The maximum Gasteiger partial charge on any atom is 0.223 e. The summed E-state index contributed by atoms with van der Waals surface area (Å²) >= 11 is 6.12. The smallest absolute Gasteiger partial charge is 0.223 e. The van der Waals surface area contributed by atoms with Crippen LogP contribution in [0.15, 0.2) is 18.5 Å². The van der Waals surface area contributed by atoms with Gasteiger partial charge in [0.1, 0.15) is 17.5 Å². The number of rotatable bonds is 7. The normalized spacial score (nSPS) is 22.3. The van der Waals surface area contributed by atoms with E-state index >= 15 is 0 Å². The number of nitrogens with zero attached hydrogens (tertiary/aromatic N) is 3. The first-order valence-electron chi connectivity index (χ1n) is 8.85. The van der Waals surface area contributed by atoms with E-state index in [2.05, 4.69) is 16.9 Å². The van der Waals surface area contributed by atoms with E-state index < -0.39 is 6.23 Å². The van der Waals surface area contributed by atoms with Gasteiger partial charge >= 0.3 is 0 Å². The van der Waals surface area contributed by atoms with Crippen LogP contribution in [-0.4, -0.2) is 60.1 Å². The number of ether oxygens (including phenoxy) is 2. The van der Waals surface area contributed by atoms with Crippen molar-refractivity contribution in [3.05, 3.63) is 29.2 Å². The molecule has 26 heavy (non-hydrogen) atoms. The molecule has 6 nitrogen and oxygen atoms in total. The SMILES string of the molecule is COC[C@H](C)c1cnc(O[C@H]2C[C@H](C(O)N(C)C)C2)c2cnc(Cl)cc12. The van der Waals surface area contributed by atoms with Crippen LogP contribution in [0.25, 0.3) is 10.8 Å². The molecule has 1 fully saturated rings. The lowest BCUT2D eigenvalue weighted by Gasteiger charge is -2.40. The average molecular weight is 380 g/mol. The molecular weight excluding hydrogens is 354 g/mol. The number of hydrogen-bond acceptors (Lipinski definition) is 6. The third-order valence-corrected chi connectivity index (χ3v) is 5.25. The van der Waals surface area contributed by atoms with Crippen molar-refractivity contribution in [2.24, 2.45) is 5.92 Å². The van der Waals surface area contributed by atoms with E-state index in [9.17, 15) is 5.11 Å². The Hall–Kier alpha value is -1.47. The molecule has 0 aliphatic heterocycles. The lowest BCUT2D eigenvalue weighted by atomic mass is 9.80. The number of aromatic nitrogens is 2. The van der Waals surface area contributed by atoms with Gasteiger partial charge in [-0.1, -0.05) is 18.5 Å². The molecule has 0 radical (unpaired) electrons. The maximum absolute atomic E-state index is 10.1. The van der Waals surface area contributed by atoms with Crippen molar-refractivity contribution < 1.29 is 14.6 Å². The zero-order chi connectivity index (χ0) is 18.8. The van der Waals surface area contributed by atoms with Gasteiger partial charge in [-0.25, -0.2) is 9.97 Å². The van der Waals surface area contributed by atoms with Crippen molar-refractivity contribution in [1.82, 2.24) is 14.9 Å². The van der Waals surface area contributed by atoms with Crippen molar-refractivity contribution in [3.8, 4) is 5.88 Å². The van der Waals surface area contributed by atoms with E-state index in [1.807, 2.05) is 31.3 Å². The van der Waals surface area contributed by atoms with Gasteiger partial charge in [-0.3, -0.25) is 4.90 Å². The number of halogens is 1. The Balaban J connectivity index is 1.81. The molecule has 0 aromatic carbocycles. The predicted molar refractivity (Wildman–Crippen MR) is 102 cm³/mol. The topological polar surface area (TPSA) is 67.7 Å². The van der Waals surface area contributed by atoms with Gasteiger partial charge in [0.25, 0.3) is 0 Å². The summed E-state index contributed by atoms with van der Waals surface area (Å²) in [5.41, 5.74) is 1.06. The van der Waals surface area contributed by atoms with Crippen LogP contribution in [-0.2, 0) is 4.74 Å². The fourth-order valence-electron chi connectivity index (χ4n) is 3.46. The van der Waals surface area contributed by atoms with Crippen LogP contribution in [0, 0.1) is 5.92 Å². The summed E-state index contributed by atoms with van der Waals surface area (Å²) in [5.74, 6) is 0.987. The number of fused-ring (bicyclic) bond motifs is 1. The van der Waals surface area contributed by atoms with Gasteiger partial charge in [0.2, 0.25) is 5.88 Å². The van der Waals surface area contributed by atoms with E-state index in [4.69, 9.17) is 21.1 Å². The minimum absolute atomic E-state index is 0.0585. The van der Waals surface area contributed by atoms with E-state index in [1.165, 1.54) is 0 Å². The van der Waals surface area contributed by atoms with Crippen LogP contribution in [0.1, 0.15) is 31.2 Å². The molecule has 0 spiro atoms. The molecule has 0 bridgehead atoms. The fraction of sp³-hybridized carbons (Fsp3) is 0.579. The standard InChI is InChI=1S/C19H26ClN3O3/c1-11(10-25-4)15-8-22-18(16-9-21-17(20)7-14(15)16)26-13-5-12(6-13)19(24)23(2)3/h7-9,11-13,19,24H,5-6,10H2,1-4H3/t11-,12-,13-,19?/m0/s1. The summed E-state index contributed by atoms with van der Waals surface area (Å²) in [5, 5.41) is 12.4.